The van der Waals surface area contributed by atoms with E-state index in [1.165, 1.54) is 19.9 Å². The number of carbonyl (C=O) groups is 3. The van der Waals surface area contributed by atoms with Crippen molar-refractivity contribution in [1.82, 2.24) is 0 Å². The van der Waals surface area contributed by atoms with Crippen molar-refractivity contribution in [2.24, 2.45) is 22.7 Å². The first kappa shape index (κ1) is 24.6. The van der Waals surface area contributed by atoms with Gasteiger partial charge in [0.05, 0.1) is 17.0 Å². The number of fused-ring (bicyclic) bond motifs is 5. The number of allylic oxidation sites excluding steroid dienone is 4. The van der Waals surface area contributed by atoms with E-state index in [1.807, 2.05) is 0 Å². The molecule has 4 aliphatic carbocycles. The summed E-state index contributed by atoms with van der Waals surface area (Å²) >= 11 is 3.11. The second kappa shape index (κ2) is 7.50. The molecule has 0 radical (unpaired) electrons. The summed E-state index contributed by atoms with van der Waals surface area (Å²) in [6.45, 7) is 2.95. The van der Waals surface area contributed by atoms with Crippen molar-refractivity contribution < 1.29 is 43.6 Å². The topological polar surface area (TPSA) is 132 Å². The van der Waals surface area contributed by atoms with Crippen LogP contribution in [-0.4, -0.2) is 67.6 Å². The van der Waals surface area contributed by atoms with Gasteiger partial charge in [0, 0.05) is 16.7 Å². The first-order valence-electron chi connectivity index (χ1n) is 11.0. The molecule has 0 amide bonds. The predicted octanol–water partition coefficient (Wildman–Crippen LogP) is 2.16. The third kappa shape index (κ3) is 3.03. The first-order valence-corrected chi connectivity index (χ1v) is 11.7. The summed E-state index contributed by atoms with van der Waals surface area (Å²) in [5.41, 5.74) is -7.66. The van der Waals surface area contributed by atoms with Gasteiger partial charge in [0.25, 0.3) is 0 Å². The van der Waals surface area contributed by atoms with Crippen LogP contribution in [0, 0.1) is 22.7 Å². The molecule has 3 saturated carbocycles. The van der Waals surface area contributed by atoms with Gasteiger partial charge in [0.1, 0.15) is 17.9 Å². The summed E-state index contributed by atoms with van der Waals surface area (Å²) in [6, 6.07) is 0. The Morgan fingerprint density at radius 1 is 1.30 bits per heavy atom. The zero-order valence-corrected chi connectivity index (χ0v) is 19.8. The lowest BCUT2D eigenvalue weighted by molar-refractivity contribution is -0.223. The molecule has 0 heterocycles. The zero-order chi connectivity index (χ0) is 24.7. The average Bonchev–Trinajstić information content (AvgIpc) is 2.97. The van der Waals surface area contributed by atoms with Gasteiger partial charge in [-0.3, -0.25) is 14.4 Å². The second-order valence-corrected chi connectivity index (χ2v) is 11.2. The maximum Gasteiger partial charge on any atom is 0.306 e. The van der Waals surface area contributed by atoms with E-state index in [0.717, 1.165) is 6.08 Å². The van der Waals surface area contributed by atoms with Gasteiger partial charge in [0.2, 0.25) is 0 Å². The van der Waals surface area contributed by atoms with Crippen molar-refractivity contribution in [3.63, 3.8) is 0 Å². The van der Waals surface area contributed by atoms with Crippen LogP contribution >= 0.6 is 15.9 Å². The molecule has 0 aromatic heterocycles. The summed E-state index contributed by atoms with van der Waals surface area (Å²) in [4.78, 5) is 36.1. The fraction of sp³-hybridized carbons (Fsp3) is 0.696. The first-order chi connectivity index (χ1) is 15.1. The molecule has 3 fully saturated rings. The lowest BCUT2D eigenvalue weighted by atomic mass is 9.44. The standard InChI is InChI=1S/C23H27BrF2O7/c1-20-9-17(29)23(26)11(5-14(25)12-6-15(27)13(24)8-21(12,23)2)10(20)3-4-22(20,33)19(32)16(28)7-18(30)31/h6,8,10-11,14,16-17,28-29,33H,3-5,7,9H2,1-2H3,(H,30,31)/t10-,11-,14?,16?,17?,20-,21-,22-,23-/m0/s1. The molecule has 0 aliphatic heterocycles. The minimum Gasteiger partial charge on any atom is -0.481 e. The van der Waals surface area contributed by atoms with E-state index in [2.05, 4.69) is 15.9 Å². The Labute approximate surface area is 197 Å². The van der Waals surface area contributed by atoms with Crippen LogP contribution in [0.4, 0.5) is 8.78 Å². The van der Waals surface area contributed by atoms with Crippen LogP contribution in [0.5, 0.6) is 0 Å². The fourth-order valence-corrected chi connectivity index (χ4v) is 7.77. The number of aliphatic carboxylic acids is 1. The van der Waals surface area contributed by atoms with E-state index >= 15 is 8.78 Å². The zero-order valence-electron chi connectivity index (χ0n) is 18.2. The number of hydrogen-bond acceptors (Lipinski definition) is 6. The number of alkyl halides is 2. The molecule has 33 heavy (non-hydrogen) atoms. The Morgan fingerprint density at radius 2 is 1.94 bits per heavy atom. The van der Waals surface area contributed by atoms with Gasteiger partial charge in [-0.2, -0.15) is 0 Å². The molecule has 182 valence electrons. The quantitative estimate of drug-likeness (QED) is 0.436. The Hall–Kier alpha value is -1.49. The van der Waals surface area contributed by atoms with Gasteiger partial charge in [-0.05, 0) is 66.1 Å². The molecule has 0 bridgehead atoms. The number of Topliss-reactive ketones (excluding diaryl/α,β-unsaturated/α-hetero) is 1. The van der Waals surface area contributed by atoms with Gasteiger partial charge in [-0.25, -0.2) is 8.78 Å². The number of hydrogen-bond donors (Lipinski definition) is 4. The number of carboxylic acids is 1. The largest absolute Gasteiger partial charge is 0.481 e. The molecule has 0 aromatic rings. The summed E-state index contributed by atoms with van der Waals surface area (Å²) in [5.74, 6) is -4.81. The second-order valence-electron chi connectivity index (χ2n) is 10.4. The van der Waals surface area contributed by atoms with Gasteiger partial charge in [0.15, 0.2) is 17.2 Å². The fourth-order valence-electron chi connectivity index (χ4n) is 7.20. The lowest BCUT2D eigenvalue weighted by Crippen LogP contribution is -2.70. The highest BCUT2D eigenvalue weighted by Gasteiger charge is 2.75. The monoisotopic (exact) mass is 532 g/mol. The maximum absolute atomic E-state index is 17.1. The highest BCUT2D eigenvalue weighted by atomic mass is 79.9. The minimum atomic E-state index is -2.38. The average molecular weight is 533 g/mol. The van der Waals surface area contributed by atoms with Gasteiger partial charge in [-0.15, -0.1) is 0 Å². The number of carbonyl (C=O) groups excluding carboxylic acids is 2. The molecule has 7 nitrogen and oxygen atoms in total. The van der Waals surface area contributed by atoms with E-state index < -0.39 is 76.3 Å². The van der Waals surface area contributed by atoms with E-state index in [1.54, 1.807) is 0 Å². The summed E-state index contributed by atoms with van der Waals surface area (Å²) < 4.78 is 32.5. The molecular weight excluding hydrogens is 506 g/mol. The van der Waals surface area contributed by atoms with Crippen molar-refractivity contribution in [2.75, 3.05) is 0 Å². The number of aliphatic hydroxyl groups is 3. The molecular formula is C23H27BrF2O7. The van der Waals surface area contributed by atoms with Crippen LogP contribution < -0.4 is 0 Å². The van der Waals surface area contributed by atoms with E-state index in [9.17, 15) is 29.7 Å². The number of aliphatic hydroxyl groups excluding tert-OH is 2. The van der Waals surface area contributed by atoms with Crippen LogP contribution in [-0.2, 0) is 14.4 Å². The molecule has 4 rings (SSSR count). The minimum absolute atomic E-state index is 0.0432. The molecule has 0 aromatic carbocycles. The molecule has 3 unspecified atom stereocenters. The van der Waals surface area contributed by atoms with Crippen molar-refractivity contribution in [1.29, 1.82) is 0 Å². The van der Waals surface area contributed by atoms with Crippen molar-refractivity contribution in [3.05, 3.63) is 22.2 Å². The Morgan fingerprint density at radius 3 is 2.55 bits per heavy atom. The highest BCUT2D eigenvalue weighted by Crippen LogP contribution is 2.70. The van der Waals surface area contributed by atoms with Gasteiger partial charge >= 0.3 is 5.97 Å². The summed E-state index contributed by atoms with van der Waals surface area (Å²) in [6.07, 6.45) is -4.60. The molecule has 10 heteroatoms. The van der Waals surface area contributed by atoms with Crippen molar-refractivity contribution in [2.45, 2.75) is 75.6 Å². The van der Waals surface area contributed by atoms with Crippen molar-refractivity contribution in [3.8, 4) is 0 Å². The molecule has 4 aliphatic rings. The number of halogens is 3. The molecule has 0 spiro atoms. The third-order valence-corrected chi connectivity index (χ3v) is 9.54. The summed E-state index contributed by atoms with van der Waals surface area (Å²) in [7, 11) is 0. The van der Waals surface area contributed by atoms with Crippen LogP contribution in [0.25, 0.3) is 0 Å². The van der Waals surface area contributed by atoms with Crippen LogP contribution in [0.3, 0.4) is 0 Å². The lowest BCUT2D eigenvalue weighted by Gasteiger charge is -2.63. The predicted molar refractivity (Wildman–Crippen MR) is 115 cm³/mol. The Bertz CT molecular complexity index is 997. The van der Waals surface area contributed by atoms with E-state index in [0.29, 0.717) is 0 Å². The van der Waals surface area contributed by atoms with Crippen LogP contribution in [0.15, 0.2) is 22.2 Å². The third-order valence-electron chi connectivity index (χ3n) is 8.92. The summed E-state index contributed by atoms with van der Waals surface area (Å²) in [5, 5.41) is 41.7. The number of rotatable bonds is 4. The number of ketones is 2. The molecule has 4 N–H and O–H groups in total. The van der Waals surface area contributed by atoms with Gasteiger partial charge < -0.3 is 20.4 Å². The number of carboxylic acid groups (broad SMARTS) is 1. The Balaban J connectivity index is 1.79. The van der Waals surface area contributed by atoms with Crippen molar-refractivity contribution >= 4 is 33.5 Å². The SMILES string of the molecule is C[C@]12C=C(Br)C(=O)C=C1C(F)C[C@H]1[C@@H]3CC[C@](O)(C(=O)C(O)CC(=O)O)[C@@]3(C)CC(O)[C@@]12F. The van der Waals surface area contributed by atoms with Gasteiger partial charge in [-0.1, -0.05) is 13.0 Å². The normalized spacial score (nSPS) is 47.6. The highest BCUT2D eigenvalue weighted by molar-refractivity contribution is 9.12. The van der Waals surface area contributed by atoms with Crippen LogP contribution in [0.2, 0.25) is 0 Å². The van der Waals surface area contributed by atoms with E-state index in [-0.39, 0.29) is 35.7 Å². The van der Waals surface area contributed by atoms with E-state index in [4.69, 9.17) is 5.11 Å². The maximum atomic E-state index is 17.1. The smallest absolute Gasteiger partial charge is 0.306 e. The van der Waals surface area contributed by atoms with Crippen LogP contribution in [0.1, 0.15) is 46.0 Å². The molecule has 9 atom stereocenters. The Kier molecular flexibility index (Phi) is 5.60. The molecule has 0 saturated heterocycles.